The third-order valence-corrected chi connectivity index (χ3v) is 5.54. The Morgan fingerprint density at radius 1 is 1.14 bits per heavy atom. The first-order valence-electron chi connectivity index (χ1n) is 10.3. The zero-order valence-electron chi connectivity index (χ0n) is 16.6. The second-order valence-electron chi connectivity index (χ2n) is 7.69. The van der Waals surface area contributed by atoms with E-state index in [2.05, 4.69) is 9.97 Å². The van der Waals surface area contributed by atoms with Gasteiger partial charge in [0.1, 0.15) is 11.6 Å². The van der Waals surface area contributed by atoms with Gasteiger partial charge in [-0.1, -0.05) is 0 Å². The van der Waals surface area contributed by atoms with Crippen LogP contribution in [0.15, 0.2) is 30.3 Å². The van der Waals surface area contributed by atoms with Gasteiger partial charge in [0.2, 0.25) is 11.8 Å². The number of aromatic nitrogens is 2. The normalized spacial score (nSPS) is 20.5. The predicted molar refractivity (Wildman–Crippen MR) is 105 cm³/mol. The van der Waals surface area contributed by atoms with Gasteiger partial charge in [-0.25, -0.2) is 9.37 Å². The number of aryl methyl sites for hydroxylation is 1. The van der Waals surface area contributed by atoms with Gasteiger partial charge in [0, 0.05) is 37.4 Å². The van der Waals surface area contributed by atoms with E-state index < -0.39 is 0 Å². The Morgan fingerprint density at radius 3 is 2.66 bits per heavy atom. The summed E-state index contributed by atoms with van der Waals surface area (Å²) in [6.07, 6.45) is 4.42. The predicted octanol–water partition coefficient (Wildman–Crippen LogP) is 4.20. The molecule has 0 spiro atoms. The molecule has 1 aromatic carbocycles. The van der Waals surface area contributed by atoms with Crippen molar-refractivity contribution in [1.82, 2.24) is 14.9 Å². The number of halogens is 1. The van der Waals surface area contributed by atoms with Crippen molar-refractivity contribution in [2.24, 2.45) is 5.92 Å². The molecule has 2 fully saturated rings. The van der Waals surface area contributed by atoms with Gasteiger partial charge in [-0.3, -0.25) is 4.79 Å². The van der Waals surface area contributed by atoms with Crippen LogP contribution in [-0.4, -0.2) is 40.5 Å². The van der Waals surface area contributed by atoms with E-state index >= 15 is 0 Å². The molecule has 1 amide bonds. The first-order valence-corrected chi connectivity index (χ1v) is 10.3. The van der Waals surface area contributed by atoms with Crippen LogP contribution in [0.5, 0.6) is 11.6 Å². The monoisotopic (exact) mass is 399 g/mol. The molecule has 1 aromatic heterocycles. The van der Waals surface area contributed by atoms with Gasteiger partial charge in [0.05, 0.1) is 6.04 Å². The van der Waals surface area contributed by atoms with Crippen LogP contribution in [0.4, 0.5) is 4.39 Å². The van der Waals surface area contributed by atoms with Crippen LogP contribution in [0.25, 0.3) is 0 Å². The summed E-state index contributed by atoms with van der Waals surface area (Å²) in [5, 5.41) is 0. The summed E-state index contributed by atoms with van der Waals surface area (Å²) in [5.74, 6) is 1.41. The van der Waals surface area contributed by atoms with E-state index in [1.165, 1.54) is 12.1 Å². The third-order valence-electron chi connectivity index (χ3n) is 5.54. The number of ether oxygens (including phenoxy) is 2. The van der Waals surface area contributed by atoms with Crippen LogP contribution in [0.3, 0.4) is 0 Å². The lowest BCUT2D eigenvalue weighted by Gasteiger charge is -2.37. The minimum atomic E-state index is -0.318. The number of carbonyl (C=O) groups is 1. The molecule has 7 heteroatoms. The van der Waals surface area contributed by atoms with Crippen molar-refractivity contribution in [2.75, 3.05) is 19.8 Å². The van der Waals surface area contributed by atoms with E-state index in [1.807, 2.05) is 11.8 Å². The summed E-state index contributed by atoms with van der Waals surface area (Å²) in [5.41, 5.74) is 0.774. The van der Waals surface area contributed by atoms with E-state index in [0.717, 1.165) is 44.3 Å². The molecule has 2 saturated heterocycles. The maximum Gasteiger partial charge on any atom is 0.226 e. The second kappa shape index (κ2) is 8.86. The summed E-state index contributed by atoms with van der Waals surface area (Å²) in [7, 11) is 0. The van der Waals surface area contributed by atoms with Crippen molar-refractivity contribution in [3.8, 4) is 11.6 Å². The quantitative estimate of drug-likeness (QED) is 0.771. The summed E-state index contributed by atoms with van der Waals surface area (Å²) >= 11 is 0. The number of piperidine rings is 1. The molecule has 6 nitrogen and oxygen atoms in total. The lowest BCUT2D eigenvalue weighted by Crippen LogP contribution is -2.43. The maximum absolute atomic E-state index is 13.2. The summed E-state index contributed by atoms with van der Waals surface area (Å²) in [6.45, 7) is 3.90. The Labute approximate surface area is 170 Å². The van der Waals surface area contributed by atoms with Crippen molar-refractivity contribution in [1.29, 1.82) is 0 Å². The molecule has 2 aliphatic rings. The molecule has 0 saturated carbocycles. The van der Waals surface area contributed by atoms with Crippen molar-refractivity contribution in [3.05, 3.63) is 47.7 Å². The van der Waals surface area contributed by atoms with Gasteiger partial charge >= 0.3 is 0 Å². The van der Waals surface area contributed by atoms with Crippen LogP contribution >= 0.6 is 0 Å². The van der Waals surface area contributed by atoms with E-state index in [9.17, 15) is 9.18 Å². The smallest absolute Gasteiger partial charge is 0.226 e. The molecular weight excluding hydrogens is 373 g/mol. The molecule has 4 rings (SSSR count). The van der Waals surface area contributed by atoms with Crippen molar-refractivity contribution in [3.63, 3.8) is 0 Å². The van der Waals surface area contributed by atoms with Crippen molar-refractivity contribution >= 4 is 5.91 Å². The number of amides is 1. The average molecular weight is 399 g/mol. The van der Waals surface area contributed by atoms with Crippen LogP contribution in [0.1, 0.15) is 49.7 Å². The van der Waals surface area contributed by atoms with Gasteiger partial charge in [-0.15, -0.1) is 0 Å². The Morgan fingerprint density at radius 2 is 1.90 bits per heavy atom. The van der Waals surface area contributed by atoms with E-state index in [-0.39, 0.29) is 23.7 Å². The molecule has 154 valence electrons. The number of hydrogen-bond donors (Lipinski definition) is 0. The molecule has 0 aliphatic carbocycles. The van der Waals surface area contributed by atoms with Gasteiger partial charge in [0.15, 0.2) is 5.82 Å². The topological polar surface area (TPSA) is 64.5 Å². The molecule has 2 aromatic rings. The minimum absolute atomic E-state index is 0.0177. The fourth-order valence-corrected chi connectivity index (χ4v) is 4.03. The van der Waals surface area contributed by atoms with Gasteiger partial charge in [0.25, 0.3) is 0 Å². The molecule has 0 bridgehead atoms. The second-order valence-corrected chi connectivity index (χ2v) is 7.69. The van der Waals surface area contributed by atoms with Gasteiger partial charge in [-0.05, 0) is 63.3 Å². The summed E-state index contributed by atoms with van der Waals surface area (Å²) in [4.78, 5) is 24.4. The highest BCUT2D eigenvalue weighted by Crippen LogP contribution is 2.33. The molecular formula is C22H26FN3O3. The summed E-state index contributed by atoms with van der Waals surface area (Å²) < 4.78 is 24.4. The van der Waals surface area contributed by atoms with Gasteiger partial charge in [-0.2, -0.15) is 4.98 Å². The maximum atomic E-state index is 13.2. The number of hydrogen-bond acceptors (Lipinski definition) is 5. The standard InChI is InChI=1S/C22H26FN3O3/c1-15-14-20(29-18-7-5-17(23)6-8-18)25-21(24-15)19-4-2-3-11-26(19)22(27)16-9-12-28-13-10-16/h5-8,14,16,19H,2-4,9-13H2,1H3/t19-/m0/s1. The zero-order chi connectivity index (χ0) is 20.2. The number of nitrogens with zero attached hydrogens (tertiary/aromatic N) is 3. The number of carbonyl (C=O) groups excluding carboxylic acids is 1. The Bertz CT molecular complexity index is 853. The number of benzene rings is 1. The highest BCUT2D eigenvalue weighted by Gasteiger charge is 2.34. The molecule has 29 heavy (non-hydrogen) atoms. The zero-order valence-corrected chi connectivity index (χ0v) is 16.6. The minimum Gasteiger partial charge on any atom is -0.439 e. The average Bonchev–Trinajstić information content (AvgIpc) is 2.75. The molecule has 2 aliphatic heterocycles. The van der Waals surface area contributed by atoms with Crippen LogP contribution in [-0.2, 0) is 9.53 Å². The number of likely N-dealkylation sites (tertiary alicyclic amines) is 1. The third kappa shape index (κ3) is 4.72. The SMILES string of the molecule is Cc1cc(Oc2ccc(F)cc2)nc([C@@H]2CCCCN2C(=O)C2CCOCC2)n1. The number of rotatable bonds is 4. The van der Waals surface area contributed by atoms with E-state index in [1.54, 1.807) is 18.2 Å². The Kier molecular flexibility index (Phi) is 6.04. The van der Waals surface area contributed by atoms with Crippen LogP contribution < -0.4 is 4.74 Å². The first-order chi connectivity index (χ1) is 14.1. The van der Waals surface area contributed by atoms with E-state index in [4.69, 9.17) is 9.47 Å². The highest BCUT2D eigenvalue weighted by atomic mass is 19.1. The summed E-state index contributed by atoms with van der Waals surface area (Å²) in [6, 6.07) is 7.43. The van der Waals surface area contributed by atoms with Crippen molar-refractivity contribution < 1.29 is 18.7 Å². The highest BCUT2D eigenvalue weighted by molar-refractivity contribution is 5.79. The molecule has 1 atom stereocenters. The van der Waals surface area contributed by atoms with Gasteiger partial charge < -0.3 is 14.4 Å². The molecule has 0 N–H and O–H groups in total. The fraction of sp³-hybridized carbons (Fsp3) is 0.500. The molecule has 3 heterocycles. The molecule has 0 radical (unpaired) electrons. The Balaban J connectivity index is 1.56. The lowest BCUT2D eigenvalue weighted by atomic mass is 9.94. The fourth-order valence-electron chi connectivity index (χ4n) is 4.03. The Hall–Kier alpha value is -2.54. The van der Waals surface area contributed by atoms with E-state index in [0.29, 0.717) is 30.7 Å². The largest absolute Gasteiger partial charge is 0.439 e. The first kappa shape index (κ1) is 19.8. The van der Waals surface area contributed by atoms with Crippen LogP contribution in [0, 0.1) is 18.7 Å². The molecule has 0 unspecified atom stereocenters. The van der Waals surface area contributed by atoms with Crippen molar-refractivity contribution in [2.45, 2.75) is 45.1 Å². The lowest BCUT2D eigenvalue weighted by molar-refractivity contribution is -0.142. The van der Waals surface area contributed by atoms with Crippen LogP contribution in [0.2, 0.25) is 0 Å².